The van der Waals surface area contributed by atoms with Gasteiger partial charge >= 0.3 is 0 Å². The zero-order valence-electron chi connectivity index (χ0n) is 70.7. The van der Waals surface area contributed by atoms with Gasteiger partial charge in [0.2, 0.25) is 0 Å². The molecular weight excluding hydrogens is 1570 g/mol. The number of fused-ring (bicyclic) bond motifs is 9. The lowest BCUT2D eigenvalue weighted by Gasteiger charge is -2.28. The minimum absolute atomic E-state index is 0.0758. The maximum Gasteiger partial charge on any atom is 0.143 e. The van der Waals surface area contributed by atoms with Crippen molar-refractivity contribution in [3.63, 3.8) is 0 Å². The Labute approximate surface area is 750 Å². The smallest absolute Gasteiger partial charge is 0.143 e. The average Bonchev–Trinajstić information content (AvgIpc) is 1.58. The van der Waals surface area contributed by atoms with Gasteiger partial charge in [0.15, 0.2) is 0 Å². The van der Waals surface area contributed by atoms with Crippen molar-refractivity contribution in [1.29, 1.82) is 0 Å². The Morgan fingerprint density at radius 1 is 0.211 bits per heavy atom. The molecule has 5 aromatic heterocycles. The van der Waals surface area contributed by atoms with Gasteiger partial charge in [0.05, 0.1) is 0 Å². The Balaban J connectivity index is 0.000000117. The average molecular weight is 1660 g/mol. The van der Waals surface area contributed by atoms with Crippen molar-refractivity contribution in [2.75, 3.05) is 14.7 Å². The molecule has 0 bridgehead atoms. The van der Waals surface area contributed by atoms with Crippen LogP contribution in [0.3, 0.4) is 0 Å². The van der Waals surface area contributed by atoms with E-state index in [0.717, 1.165) is 118 Å². The number of furan rings is 1. The van der Waals surface area contributed by atoms with Crippen LogP contribution in [0.15, 0.2) is 491 Å². The predicted molar refractivity (Wildman–Crippen MR) is 538 cm³/mol. The van der Waals surface area contributed by atoms with Gasteiger partial charge in [-0.25, -0.2) is 0 Å². The number of rotatable bonds is 17. The minimum atomic E-state index is -0.0758. The van der Waals surface area contributed by atoms with Crippen LogP contribution in [0.5, 0.6) is 0 Å². The Bertz CT molecular complexity index is 7440. The van der Waals surface area contributed by atoms with Crippen LogP contribution < -0.4 is 14.7 Å². The lowest BCUT2D eigenvalue weighted by Crippen LogP contribution is -2.16. The molecule has 0 fully saturated rings. The molecule has 0 amide bonds. The molecule has 0 saturated carbocycles. The molecule has 8 heteroatoms. The molecule has 128 heavy (non-hydrogen) atoms. The minimum Gasteiger partial charge on any atom is -0.455 e. The van der Waals surface area contributed by atoms with E-state index in [9.17, 15) is 0 Å². The van der Waals surface area contributed by atoms with Crippen LogP contribution >= 0.6 is 11.3 Å². The third-order valence-corrected chi connectivity index (χ3v) is 25.7. The first kappa shape index (κ1) is 78.8. The topological polar surface area (TPSA) is 61.5 Å². The van der Waals surface area contributed by atoms with Crippen molar-refractivity contribution >= 4 is 105 Å². The molecule has 0 radical (unpaired) electrons. The Morgan fingerprint density at radius 2 is 0.516 bits per heavy atom. The third kappa shape index (κ3) is 16.0. The van der Waals surface area contributed by atoms with Gasteiger partial charge in [-0.3, -0.25) is 15.0 Å². The van der Waals surface area contributed by atoms with Gasteiger partial charge in [0.25, 0.3) is 0 Å². The highest BCUT2D eigenvalue weighted by Gasteiger charge is 2.36. The molecule has 22 aromatic rings. The van der Waals surface area contributed by atoms with Crippen LogP contribution in [-0.4, -0.2) is 15.0 Å². The van der Waals surface area contributed by atoms with Crippen molar-refractivity contribution in [2.45, 2.75) is 19.3 Å². The summed E-state index contributed by atoms with van der Waals surface area (Å²) in [6.07, 6.45) is 11.1. The maximum atomic E-state index is 6.33. The fraction of sp³-hybridized carbons (Fsp3) is 0.0250. The number of para-hydroxylation sites is 2. The van der Waals surface area contributed by atoms with E-state index in [0.29, 0.717) is 0 Å². The SMILES string of the molecule is CC1(C)c2ccccc2-c2ccc(N(c3ccc(-c4ccc(-c5ccccc5)cc4)cc3)c3ccc(-c4cccnc4)cc3)cc21.c1ccc(-c2ccc(N(c3ccc(-c4cccnc4)cc3)c3ccc(-c4cccc5c4oc4ccccc45)cc3)cc2)cc1.c1ccc(-c2ccc(N(c3ccc(-c4cccnc4)cc3)c3ccc4sc5ccccc5c4c3)cc2)cc1. The standard InChI is InChI=1S/C44H34N2.C41H28N2O.C35H24N2S/c1-44(2)42-13-7-6-12-40(42)41-27-26-39(29-43(41)44)46(38-24-20-35(21-25-38)36-11-8-28-45-30-36)37-22-18-34(19-23-37)33-16-14-32(15-17-33)31-9-4-3-5-10-31;1-2-8-29(9-3-1)30-15-21-34(22-16-30)43(35-23-17-31(18-24-35)33-10-7-27-42-28-33)36-25-19-32(20-26-36)37-12-6-13-39-38-11-4-5-14-40(38)44-41(37)39;1-2-7-25(8-3-1)26-12-16-29(17-13-26)37(30-18-14-27(15-19-30)28-9-6-22-36-24-28)31-20-21-35-33(23-31)32-10-4-5-11-34(32)38-35/h3-30H,1-2H3;1-28H;1-24H. The van der Waals surface area contributed by atoms with E-state index in [1.54, 1.807) is 6.20 Å². The molecule has 0 spiro atoms. The van der Waals surface area contributed by atoms with Crippen molar-refractivity contribution < 1.29 is 4.42 Å². The van der Waals surface area contributed by atoms with Crippen LogP contribution in [0, 0.1) is 0 Å². The monoisotopic (exact) mass is 1660 g/mol. The van der Waals surface area contributed by atoms with Gasteiger partial charge in [-0.2, -0.15) is 0 Å². The summed E-state index contributed by atoms with van der Waals surface area (Å²) in [7, 11) is 0. The highest BCUT2D eigenvalue weighted by molar-refractivity contribution is 7.25. The molecule has 0 unspecified atom stereocenters. The van der Waals surface area contributed by atoms with Gasteiger partial charge in [0.1, 0.15) is 11.2 Å². The second-order valence-electron chi connectivity index (χ2n) is 32.7. The Hall–Kier alpha value is -16.4. The van der Waals surface area contributed by atoms with Crippen LogP contribution in [0.1, 0.15) is 25.0 Å². The highest BCUT2D eigenvalue weighted by atomic mass is 32.1. The van der Waals surface area contributed by atoms with E-state index in [-0.39, 0.29) is 5.41 Å². The summed E-state index contributed by atoms with van der Waals surface area (Å²) in [4.78, 5) is 19.9. The lowest BCUT2D eigenvalue weighted by molar-refractivity contribution is 0.660. The first-order valence-corrected chi connectivity index (χ1v) is 44.2. The van der Waals surface area contributed by atoms with Crippen molar-refractivity contribution in [1.82, 2.24) is 15.0 Å². The van der Waals surface area contributed by atoms with Crippen molar-refractivity contribution in [2.24, 2.45) is 0 Å². The number of benzene rings is 17. The molecule has 23 rings (SSSR count). The molecule has 0 aliphatic heterocycles. The summed E-state index contributed by atoms with van der Waals surface area (Å²) in [5, 5.41) is 4.87. The number of hydrogen-bond donors (Lipinski definition) is 0. The summed E-state index contributed by atoms with van der Waals surface area (Å²) >= 11 is 1.85. The molecule has 5 heterocycles. The van der Waals surface area contributed by atoms with E-state index in [2.05, 4.69) is 456 Å². The molecule has 7 nitrogen and oxygen atoms in total. The van der Waals surface area contributed by atoms with E-state index >= 15 is 0 Å². The van der Waals surface area contributed by atoms with Crippen molar-refractivity contribution in [3.05, 3.63) is 497 Å². The zero-order valence-corrected chi connectivity index (χ0v) is 71.5. The number of thiophene rings is 1. The van der Waals surface area contributed by atoms with Crippen LogP contribution in [0.4, 0.5) is 51.2 Å². The summed E-state index contributed by atoms with van der Waals surface area (Å²) < 4.78 is 8.96. The molecule has 0 N–H and O–H groups in total. The second-order valence-corrected chi connectivity index (χ2v) is 33.8. The molecule has 0 atom stereocenters. The normalized spacial score (nSPS) is 11.7. The Kier molecular flexibility index (Phi) is 21.6. The highest BCUT2D eigenvalue weighted by Crippen LogP contribution is 2.52. The van der Waals surface area contributed by atoms with Gasteiger partial charge in [-0.15, -0.1) is 11.3 Å². The fourth-order valence-corrected chi connectivity index (χ4v) is 19.0. The second kappa shape index (κ2) is 35.1. The largest absolute Gasteiger partial charge is 0.455 e. The molecule has 17 aromatic carbocycles. The van der Waals surface area contributed by atoms with Gasteiger partial charge < -0.3 is 19.1 Å². The van der Waals surface area contributed by atoms with Crippen LogP contribution in [-0.2, 0) is 5.41 Å². The summed E-state index contributed by atoms with van der Waals surface area (Å²) in [6, 6.07) is 160. The van der Waals surface area contributed by atoms with Crippen LogP contribution in [0.2, 0.25) is 0 Å². The molecule has 1 aliphatic rings. The van der Waals surface area contributed by atoms with Crippen molar-refractivity contribution in [3.8, 4) is 100 Å². The molecule has 1 aliphatic carbocycles. The Morgan fingerprint density at radius 3 is 0.953 bits per heavy atom. The van der Waals surface area contributed by atoms with E-state index in [1.165, 1.54) is 86.9 Å². The third-order valence-electron chi connectivity index (χ3n) is 24.6. The lowest BCUT2D eigenvalue weighted by atomic mass is 9.82. The molecule has 0 saturated heterocycles. The summed E-state index contributed by atoms with van der Waals surface area (Å²) in [5.41, 5.74) is 35.8. The molecular formula is C120H86N6OS. The summed E-state index contributed by atoms with van der Waals surface area (Å²) in [5.74, 6) is 0. The first-order valence-electron chi connectivity index (χ1n) is 43.4. The fourth-order valence-electron chi connectivity index (χ4n) is 18.0. The van der Waals surface area contributed by atoms with E-state index in [1.807, 2.05) is 78.7 Å². The number of pyridine rings is 3. The van der Waals surface area contributed by atoms with Gasteiger partial charge in [0, 0.05) is 130 Å². The zero-order chi connectivity index (χ0) is 85.7. The quantitative estimate of drug-likeness (QED) is 0.0900. The van der Waals surface area contributed by atoms with Gasteiger partial charge in [-0.05, 0) is 251 Å². The predicted octanol–water partition coefficient (Wildman–Crippen LogP) is 33.6. The molecule has 608 valence electrons. The van der Waals surface area contributed by atoms with Gasteiger partial charge in [-0.1, -0.05) is 317 Å². The van der Waals surface area contributed by atoms with E-state index in [4.69, 9.17) is 4.42 Å². The summed E-state index contributed by atoms with van der Waals surface area (Å²) in [6.45, 7) is 4.68. The first-order chi connectivity index (χ1) is 63.2. The maximum absolute atomic E-state index is 6.33. The van der Waals surface area contributed by atoms with E-state index < -0.39 is 0 Å². The number of anilines is 9. The van der Waals surface area contributed by atoms with Crippen LogP contribution in [0.25, 0.3) is 142 Å². The number of hydrogen-bond acceptors (Lipinski definition) is 8. The number of aromatic nitrogens is 3. The number of nitrogens with zero attached hydrogens (tertiary/aromatic N) is 6.